The minimum atomic E-state index is -1.03. The number of alkyl carbamates (subject to hydrolysis) is 1. The number of ether oxygens (including phenoxy) is 1. The van der Waals surface area contributed by atoms with Crippen molar-refractivity contribution >= 4 is 40.3 Å². The lowest BCUT2D eigenvalue weighted by Crippen LogP contribution is -2.20. The van der Waals surface area contributed by atoms with E-state index in [1.54, 1.807) is 18.3 Å². The number of nitrogens with zero attached hydrogens (tertiary/aromatic N) is 1. The van der Waals surface area contributed by atoms with Crippen molar-refractivity contribution < 1.29 is 18.3 Å². The summed E-state index contributed by atoms with van der Waals surface area (Å²) in [5.74, 6) is 4.74. The summed E-state index contributed by atoms with van der Waals surface area (Å²) in [6.45, 7) is 0. The first-order chi connectivity index (χ1) is 14.4. The van der Waals surface area contributed by atoms with E-state index in [0.29, 0.717) is 16.1 Å². The largest absolute Gasteiger partial charge is 0.439 e. The molecule has 2 atom stereocenters. The van der Waals surface area contributed by atoms with E-state index in [-0.39, 0.29) is 5.56 Å². The van der Waals surface area contributed by atoms with E-state index in [0.717, 1.165) is 27.3 Å². The molecule has 2 aromatic carbocycles. The van der Waals surface area contributed by atoms with Gasteiger partial charge in [-0.25, -0.2) is 13.6 Å². The predicted molar refractivity (Wildman–Crippen MR) is 116 cm³/mol. The molecule has 4 nitrogen and oxygen atoms in total. The Labute approximate surface area is 189 Å². The van der Waals surface area contributed by atoms with Crippen molar-refractivity contribution in [3.05, 3.63) is 97.3 Å². The number of carbonyl (C=O) groups excluding carboxylic acids is 1. The maximum Gasteiger partial charge on any atom is 0.408 e. The van der Waals surface area contributed by atoms with Crippen LogP contribution in [0.5, 0.6) is 0 Å². The Morgan fingerprint density at radius 1 is 1.07 bits per heavy atom. The van der Waals surface area contributed by atoms with Gasteiger partial charge in [-0.2, -0.15) is 0 Å². The zero-order valence-electron chi connectivity index (χ0n) is 15.1. The fourth-order valence-electron chi connectivity index (χ4n) is 3.12. The molecule has 1 saturated heterocycles. The molecule has 1 aromatic heterocycles. The second-order valence-corrected chi connectivity index (χ2v) is 8.21. The number of hydrogen-bond donors (Lipinski definition) is 1. The maximum atomic E-state index is 14.3. The molecule has 1 fully saturated rings. The van der Waals surface area contributed by atoms with Crippen LogP contribution in [-0.2, 0) is 4.74 Å². The Balaban J connectivity index is 1.66. The van der Waals surface area contributed by atoms with Crippen molar-refractivity contribution in [2.45, 2.75) is 12.1 Å². The Bertz CT molecular complexity index is 1190. The van der Waals surface area contributed by atoms with Crippen molar-refractivity contribution in [1.82, 2.24) is 10.3 Å². The van der Waals surface area contributed by atoms with E-state index >= 15 is 0 Å². The van der Waals surface area contributed by atoms with Crippen molar-refractivity contribution in [1.29, 1.82) is 0 Å². The van der Waals surface area contributed by atoms with Crippen molar-refractivity contribution in [2.75, 3.05) is 0 Å². The SMILES string of the molecule is O=C1N[C@H](c2cncc(C#Cc3cc(Cl)cc(I)c3)c2)C(c2cc(F)ccc2F)O1. The molecule has 1 aliphatic rings. The molecular weight excluding hydrogens is 525 g/mol. The van der Waals surface area contributed by atoms with E-state index in [9.17, 15) is 13.6 Å². The zero-order valence-corrected chi connectivity index (χ0v) is 18.0. The second kappa shape index (κ2) is 8.58. The van der Waals surface area contributed by atoms with Gasteiger partial charge in [-0.3, -0.25) is 4.98 Å². The number of hydrogen-bond acceptors (Lipinski definition) is 3. The van der Waals surface area contributed by atoms with Crippen LogP contribution in [0.1, 0.15) is 34.4 Å². The summed E-state index contributed by atoms with van der Waals surface area (Å²) in [6.07, 6.45) is 1.34. The van der Waals surface area contributed by atoms with Crippen LogP contribution < -0.4 is 5.32 Å². The minimum Gasteiger partial charge on any atom is -0.439 e. The Morgan fingerprint density at radius 3 is 2.67 bits per heavy atom. The van der Waals surface area contributed by atoms with Crippen LogP contribution in [-0.4, -0.2) is 11.1 Å². The summed E-state index contributed by atoms with van der Waals surface area (Å²) in [5, 5.41) is 3.21. The van der Waals surface area contributed by atoms with Gasteiger partial charge in [0.25, 0.3) is 0 Å². The molecule has 0 saturated carbocycles. The number of benzene rings is 2. The predicted octanol–water partition coefficient (Wildman–Crippen LogP) is 5.54. The number of halogens is 4. The number of aromatic nitrogens is 1. The Kier molecular flexibility index (Phi) is 5.88. The van der Waals surface area contributed by atoms with Crippen LogP contribution in [0.4, 0.5) is 13.6 Å². The normalized spacial score (nSPS) is 17.7. The standard InChI is InChI=1S/C22H12ClF2IN2O2/c23-15-6-12(7-17(26)8-15)1-2-13-5-14(11-27-10-13)20-21(30-22(29)28-20)18-9-16(24)3-4-19(18)25/h3-11,20-21H,(H,28,29)/t20-,21?/m1/s1. The van der Waals surface area contributed by atoms with Crippen LogP contribution in [0.3, 0.4) is 0 Å². The van der Waals surface area contributed by atoms with Gasteiger partial charge < -0.3 is 10.1 Å². The Morgan fingerprint density at radius 2 is 1.87 bits per heavy atom. The number of cyclic esters (lactones) is 1. The molecule has 30 heavy (non-hydrogen) atoms. The molecule has 0 spiro atoms. The van der Waals surface area contributed by atoms with E-state index in [4.69, 9.17) is 16.3 Å². The number of amides is 1. The molecule has 8 heteroatoms. The molecule has 0 bridgehead atoms. The number of carbonyl (C=O) groups is 1. The average molecular weight is 537 g/mol. The van der Waals surface area contributed by atoms with Gasteiger partial charge in [-0.05, 0) is 70.6 Å². The van der Waals surface area contributed by atoms with Crippen molar-refractivity contribution in [2.24, 2.45) is 0 Å². The molecule has 0 radical (unpaired) electrons. The van der Waals surface area contributed by atoms with Gasteiger partial charge in [-0.15, -0.1) is 0 Å². The van der Waals surface area contributed by atoms with E-state index in [1.807, 2.05) is 12.1 Å². The monoisotopic (exact) mass is 536 g/mol. The van der Waals surface area contributed by atoms with Gasteiger partial charge in [-0.1, -0.05) is 23.4 Å². The molecular formula is C22H12ClF2IN2O2. The number of pyridine rings is 1. The fraction of sp³-hybridized carbons (Fsp3) is 0.0909. The summed E-state index contributed by atoms with van der Waals surface area (Å²) >= 11 is 8.21. The van der Waals surface area contributed by atoms with Crippen LogP contribution in [0.15, 0.2) is 54.9 Å². The lowest BCUT2D eigenvalue weighted by molar-refractivity contribution is 0.130. The van der Waals surface area contributed by atoms with Gasteiger partial charge in [0.1, 0.15) is 17.7 Å². The average Bonchev–Trinajstić information content (AvgIpc) is 3.09. The summed E-state index contributed by atoms with van der Waals surface area (Å²) in [7, 11) is 0. The highest BCUT2D eigenvalue weighted by Crippen LogP contribution is 2.38. The zero-order chi connectivity index (χ0) is 21.3. The third kappa shape index (κ3) is 4.55. The topological polar surface area (TPSA) is 51.2 Å². The maximum absolute atomic E-state index is 14.3. The number of nitrogens with one attached hydrogen (secondary N) is 1. The van der Waals surface area contributed by atoms with Gasteiger partial charge in [0.05, 0.1) is 0 Å². The summed E-state index contributed by atoms with van der Waals surface area (Å²) < 4.78 is 34.1. The van der Waals surface area contributed by atoms with E-state index < -0.39 is 29.9 Å². The molecule has 0 aliphatic carbocycles. The highest BCUT2D eigenvalue weighted by atomic mass is 127. The lowest BCUT2D eigenvalue weighted by atomic mass is 9.96. The quantitative estimate of drug-likeness (QED) is 0.346. The highest BCUT2D eigenvalue weighted by Gasteiger charge is 2.38. The molecule has 1 unspecified atom stereocenters. The summed E-state index contributed by atoms with van der Waals surface area (Å²) in [4.78, 5) is 16.0. The smallest absolute Gasteiger partial charge is 0.408 e. The molecule has 2 heterocycles. The third-order valence-corrected chi connectivity index (χ3v) is 5.25. The van der Waals surface area contributed by atoms with Crippen LogP contribution in [0.2, 0.25) is 5.02 Å². The molecule has 150 valence electrons. The Hall–Kier alpha value is -2.70. The van der Waals surface area contributed by atoms with Crippen LogP contribution >= 0.6 is 34.2 Å². The highest BCUT2D eigenvalue weighted by molar-refractivity contribution is 14.1. The first-order valence-electron chi connectivity index (χ1n) is 8.74. The first kappa shape index (κ1) is 20.6. The molecule has 3 aromatic rings. The van der Waals surface area contributed by atoms with E-state index in [2.05, 4.69) is 44.7 Å². The van der Waals surface area contributed by atoms with Gasteiger partial charge in [0.2, 0.25) is 0 Å². The first-order valence-corrected chi connectivity index (χ1v) is 10.2. The number of rotatable bonds is 2. The van der Waals surface area contributed by atoms with Gasteiger partial charge in [0, 0.05) is 37.7 Å². The second-order valence-electron chi connectivity index (χ2n) is 6.53. The minimum absolute atomic E-state index is 0.0525. The lowest BCUT2D eigenvalue weighted by Gasteiger charge is -2.18. The van der Waals surface area contributed by atoms with E-state index in [1.165, 1.54) is 6.20 Å². The molecule has 1 amide bonds. The molecule has 4 rings (SSSR count). The van der Waals surface area contributed by atoms with Crippen molar-refractivity contribution in [3.8, 4) is 11.8 Å². The third-order valence-electron chi connectivity index (χ3n) is 4.41. The van der Waals surface area contributed by atoms with Gasteiger partial charge in [0.15, 0.2) is 6.10 Å². The fourth-order valence-corrected chi connectivity index (χ4v) is 4.21. The summed E-state index contributed by atoms with van der Waals surface area (Å²) in [6, 6.07) is 9.48. The van der Waals surface area contributed by atoms with Crippen LogP contribution in [0, 0.1) is 27.0 Å². The van der Waals surface area contributed by atoms with Gasteiger partial charge >= 0.3 is 6.09 Å². The van der Waals surface area contributed by atoms with Crippen LogP contribution in [0.25, 0.3) is 0 Å². The molecule has 1 N–H and O–H groups in total. The summed E-state index contributed by atoms with van der Waals surface area (Å²) in [5.41, 5.74) is 1.84. The molecule has 1 aliphatic heterocycles. The van der Waals surface area contributed by atoms with Crippen molar-refractivity contribution in [3.63, 3.8) is 0 Å².